The van der Waals surface area contributed by atoms with Gasteiger partial charge in [0, 0.05) is 12.6 Å². The number of carbonyl (C=O) groups is 1. The first-order valence-corrected chi connectivity index (χ1v) is 9.04. The lowest BCUT2D eigenvalue weighted by Gasteiger charge is -2.26. The zero-order valence-electron chi connectivity index (χ0n) is 14.7. The van der Waals surface area contributed by atoms with Gasteiger partial charge in [0.1, 0.15) is 13.2 Å². The molecule has 2 heterocycles. The van der Waals surface area contributed by atoms with Crippen LogP contribution in [0.15, 0.2) is 18.2 Å². The molecule has 0 spiro atoms. The lowest BCUT2D eigenvalue weighted by Crippen LogP contribution is -2.37. The fourth-order valence-corrected chi connectivity index (χ4v) is 3.40. The highest BCUT2D eigenvalue weighted by molar-refractivity contribution is 5.78. The summed E-state index contributed by atoms with van der Waals surface area (Å²) in [4.78, 5) is 14.5. The SMILES string of the molecule is CC(C)CCNC(=O)CN1CCC[C@H]1c1ccc2c(c1)OCCO2. The van der Waals surface area contributed by atoms with Crippen molar-refractivity contribution in [2.45, 2.75) is 39.2 Å². The second-order valence-corrected chi connectivity index (χ2v) is 7.06. The molecule has 1 amide bonds. The predicted molar refractivity (Wildman–Crippen MR) is 93.4 cm³/mol. The second kappa shape index (κ2) is 7.88. The second-order valence-electron chi connectivity index (χ2n) is 7.06. The van der Waals surface area contributed by atoms with Crippen LogP contribution in [0.3, 0.4) is 0 Å². The molecule has 0 aliphatic carbocycles. The molecule has 5 nitrogen and oxygen atoms in total. The number of amides is 1. The van der Waals surface area contributed by atoms with Crippen molar-refractivity contribution in [3.05, 3.63) is 23.8 Å². The molecule has 132 valence electrons. The van der Waals surface area contributed by atoms with Crippen molar-refractivity contribution in [3.8, 4) is 11.5 Å². The summed E-state index contributed by atoms with van der Waals surface area (Å²) in [6.45, 7) is 7.75. The molecular formula is C19H28N2O3. The van der Waals surface area contributed by atoms with Gasteiger partial charge in [-0.3, -0.25) is 9.69 Å². The quantitative estimate of drug-likeness (QED) is 0.870. The van der Waals surface area contributed by atoms with Crippen LogP contribution in [0, 0.1) is 5.92 Å². The number of carbonyl (C=O) groups excluding carboxylic acids is 1. The summed E-state index contributed by atoms with van der Waals surface area (Å²) in [7, 11) is 0. The minimum Gasteiger partial charge on any atom is -0.486 e. The van der Waals surface area contributed by atoms with E-state index in [1.807, 2.05) is 6.07 Å². The van der Waals surface area contributed by atoms with Gasteiger partial charge in [-0.1, -0.05) is 19.9 Å². The van der Waals surface area contributed by atoms with E-state index < -0.39 is 0 Å². The van der Waals surface area contributed by atoms with E-state index in [1.165, 1.54) is 5.56 Å². The summed E-state index contributed by atoms with van der Waals surface area (Å²) in [5.41, 5.74) is 1.21. The van der Waals surface area contributed by atoms with Gasteiger partial charge in [-0.25, -0.2) is 0 Å². The zero-order valence-corrected chi connectivity index (χ0v) is 14.7. The Morgan fingerprint density at radius 1 is 1.29 bits per heavy atom. The van der Waals surface area contributed by atoms with Crippen molar-refractivity contribution in [1.29, 1.82) is 0 Å². The van der Waals surface area contributed by atoms with E-state index in [-0.39, 0.29) is 11.9 Å². The van der Waals surface area contributed by atoms with Crippen LogP contribution in [0.1, 0.15) is 44.7 Å². The Bertz CT molecular complexity index is 574. The fourth-order valence-electron chi connectivity index (χ4n) is 3.40. The normalized spacial score (nSPS) is 20.4. The Kier molecular flexibility index (Phi) is 5.61. The minimum atomic E-state index is 0.125. The van der Waals surface area contributed by atoms with E-state index >= 15 is 0 Å². The maximum Gasteiger partial charge on any atom is 0.234 e. The van der Waals surface area contributed by atoms with Gasteiger partial charge >= 0.3 is 0 Å². The number of rotatable bonds is 6. The Morgan fingerprint density at radius 3 is 2.88 bits per heavy atom. The van der Waals surface area contributed by atoms with Crippen molar-refractivity contribution in [3.63, 3.8) is 0 Å². The van der Waals surface area contributed by atoms with Gasteiger partial charge in [0.15, 0.2) is 11.5 Å². The smallest absolute Gasteiger partial charge is 0.234 e. The molecular weight excluding hydrogens is 304 g/mol. The maximum absolute atomic E-state index is 12.2. The lowest BCUT2D eigenvalue weighted by atomic mass is 10.0. The first kappa shape index (κ1) is 17.1. The highest BCUT2D eigenvalue weighted by Crippen LogP contribution is 2.37. The van der Waals surface area contributed by atoms with E-state index in [1.54, 1.807) is 0 Å². The lowest BCUT2D eigenvalue weighted by molar-refractivity contribution is -0.122. The number of likely N-dealkylation sites (tertiary alicyclic amines) is 1. The van der Waals surface area contributed by atoms with Crippen LogP contribution >= 0.6 is 0 Å². The summed E-state index contributed by atoms with van der Waals surface area (Å²) in [5, 5.41) is 3.04. The number of nitrogens with zero attached hydrogens (tertiary/aromatic N) is 1. The van der Waals surface area contributed by atoms with Crippen LogP contribution in [0.4, 0.5) is 0 Å². The van der Waals surface area contributed by atoms with Gasteiger partial charge in [0.2, 0.25) is 5.91 Å². The number of benzene rings is 1. The standard InChI is InChI=1S/C19H28N2O3/c1-14(2)7-8-20-19(22)13-21-9-3-4-16(21)15-5-6-17-18(12-15)24-11-10-23-17/h5-6,12,14,16H,3-4,7-11,13H2,1-2H3,(H,20,22)/t16-/m0/s1. The Balaban J connectivity index is 1.60. The minimum absolute atomic E-state index is 0.125. The van der Waals surface area contributed by atoms with Crippen LogP contribution < -0.4 is 14.8 Å². The molecule has 2 aliphatic heterocycles. The third-order valence-corrected chi connectivity index (χ3v) is 4.71. The molecule has 1 atom stereocenters. The van der Waals surface area contributed by atoms with Gasteiger partial charge < -0.3 is 14.8 Å². The zero-order chi connectivity index (χ0) is 16.9. The topological polar surface area (TPSA) is 50.8 Å². The van der Waals surface area contributed by atoms with Crippen LogP contribution in [-0.2, 0) is 4.79 Å². The van der Waals surface area contributed by atoms with Crippen molar-refractivity contribution in [1.82, 2.24) is 10.2 Å². The summed E-state index contributed by atoms with van der Waals surface area (Å²) in [6, 6.07) is 6.46. The van der Waals surface area contributed by atoms with Gasteiger partial charge in [0.05, 0.1) is 6.54 Å². The molecule has 2 aliphatic rings. The number of fused-ring (bicyclic) bond motifs is 1. The molecule has 0 saturated carbocycles. The predicted octanol–water partition coefficient (Wildman–Crippen LogP) is 2.76. The average molecular weight is 332 g/mol. The molecule has 0 radical (unpaired) electrons. The Labute approximate surface area is 144 Å². The molecule has 0 aromatic heterocycles. The summed E-state index contributed by atoms with van der Waals surface area (Å²) in [5.74, 6) is 2.38. The number of nitrogens with one attached hydrogen (secondary N) is 1. The average Bonchev–Trinajstić information content (AvgIpc) is 3.02. The van der Waals surface area contributed by atoms with Gasteiger partial charge in [-0.05, 0) is 49.4 Å². The molecule has 1 aromatic rings. The molecule has 1 N–H and O–H groups in total. The van der Waals surface area contributed by atoms with Crippen molar-refractivity contribution >= 4 is 5.91 Å². The first-order valence-electron chi connectivity index (χ1n) is 9.04. The molecule has 1 aromatic carbocycles. The number of ether oxygens (including phenoxy) is 2. The van der Waals surface area contributed by atoms with Crippen LogP contribution in [0.25, 0.3) is 0 Å². The van der Waals surface area contributed by atoms with Crippen molar-refractivity contribution in [2.75, 3.05) is 32.8 Å². The highest BCUT2D eigenvalue weighted by Gasteiger charge is 2.28. The van der Waals surface area contributed by atoms with Gasteiger partial charge in [-0.2, -0.15) is 0 Å². The summed E-state index contributed by atoms with van der Waals surface area (Å²) in [6.07, 6.45) is 3.23. The largest absolute Gasteiger partial charge is 0.486 e. The Morgan fingerprint density at radius 2 is 2.08 bits per heavy atom. The molecule has 1 fully saturated rings. The third-order valence-electron chi connectivity index (χ3n) is 4.71. The summed E-state index contributed by atoms with van der Waals surface area (Å²) < 4.78 is 11.3. The van der Waals surface area contributed by atoms with Crippen LogP contribution in [0.5, 0.6) is 11.5 Å². The third kappa shape index (κ3) is 4.20. The number of hydrogen-bond donors (Lipinski definition) is 1. The molecule has 24 heavy (non-hydrogen) atoms. The van der Waals surface area contributed by atoms with Crippen LogP contribution in [-0.4, -0.2) is 43.7 Å². The van der Waals surface area contributed by atoms with E-state index in [2.05, 4.69) is 36.2 Å². The fraction of sp³-hybridized carbons (Fsp3) is 0.632. The van der Waals surface area contributed by atoms with E-state index in [4.69, 9.17) is 9.47 Å². The first-order chi connectivity index (χ1) is 11.6. The Hall–Kier alpha value is -1.75. The molecule has 1 saturated heterocycles. The highest BCUT2D eigenvalue weighted by atomic mass is 16.6. The molecule has 0 unspecified atom stereocenters. The van der Waals surface area contributed by atoms with E-state index in [0.717, 1.165) is 43.9 Å². The molecule has 5 heteroatoms. The van der Waals surface area contributed by atoms with E-state index in [9.17, 15) is 4.79 Å². The molecule has 3 rings (SSSR count). The molecule has 0 bridgehead atoms. The van der Waals surface area contributed by atoms with Gasteiger partial charge in [0.25, 0.3) is 0 Å². The summed E-state index contributed by atoms with van der Waals surface area (Å²) >= 11 is 0. The monoisotopic (exact) mass is 332 g/mol. The van der Waals surface area contributed by atoms with Crippen molar-refractivity contribution in [2.24, 2.45) is 5.92 Å². The number of hydrogen-bond acceptors (Lipinski definition) is 4. The van der Waals surface area contributed by atoms with Gasteiger partial charge in [-0.15, -0.1) is 0 Å². The van der Waals surface area contributed by atoms with Crippen LogP contribution in [0.2, 0.25) is 0 Å². The van der Waals surface area contributed by atoms with E-state index in [0.29, 0.717) is 25.7 Å². The van der Waals surface area contributed by atoms with Crippen molar-refractivity contribution < 1.29 is 14.3 Å². The maximum atomic E-state index is 12.2.